The van der Waals surface area contributed by atoms with Crippen molar-refractivity contribution < 1.29 is 4.74 Å². The minimum Gasteiger partial charge on any atom is -0.457 e. The molecule has 0 bridgehead atoms. The Bertz CT molecular complexity index is 791. The largest absolute Gasteiger partial charge is 0.457 e. The fraction of sp³-hybridized carbons (Fsp3) is 0.150. The number of aromatic nitrogens is 2. The summed E-state index contributed by atoms with van der Waals surface area (Å²) in [6, 6.07) is 15.5. The fourth-order valence-corrected chi connectivity index (χ4v) is 2.49. The van der Waals surface area contributed by atoms with Gasteiger partial charge < -0.3 is 9.30 Å². The third-order valence-corrected chi connectivity index (χ3v) is 3.92. The molecule has 0 spiro atoms. The number of halogens is 1. The highest BCUT2D eigenvalue weighted by Crippen LogP contribution is 2.23. The molecule has 3 aromatic rings. The van der Waals surface area contributed by atoms with E-state index in [-0.39, 0.29) is 0 Å². The molecule has 0 saturated carbocycles. The van der Waals surface area contributed by atoms with Gasteiger partial charge in [-0.25, -0.2) is 4.98 Å². The molecule has 0 unspecified atom stereocenters. The Labute approximate surface area is 147 Å². The van der Waals surface area contributed by atoms with Crippen LogP contribution in [-0.2, 0) is 13.0 Å². The smallest absolute Gasteiger partial charge is 0.127 e. The molecule has 1 heterocycles. The summed E-state index contributed by atoms with van der Waals surface area (Å²) in [4.78, 5) is 4.05. The molecule has 0 amide bonds. The van der Waals surface area contributed by atoms with E-state index >= 15 is 0 Å². The molecule has 122 valence electrons. The second-order valence-corrected chi connectivity index (χ2v) is 6.12. The van der Waals surface area contributed by atoms with Crippen molar-refractivity contribution in [2.45, 2.75) is 19.9 Å². The summed E-state index contributed by atoms with van der Waals surface area (Å²) in [5, 5.41) is 0.704. The molecule has 1 aromatic heterocycles. The van der Waals surface area contributed by atoms with Gasteiger partial charge in [-0.05, 0) is 55.3 Å². The molecule has 3 rings (SSSR count). The first-order valence-electron chi connectivity index (χ1n) is 7.83. The number of rotatable bonds is 6. The standard InChI is InChI=1S/C20H19ClN2O/c1-16(10-12-23-13-11-22-15-23)14-17-2-6-19(7-3-17)24-20-8-4-18(21)5-9-20/h2-11,13,15H,12,14H2,1H3. The monoisotopic (exact) mass is 338 g/mol. The van der Waals surface area contributed by atoms with E-state index in [1.54, 1.807) is 6.20 Å². The number of hydrogen-bond acceptors (Lipinski definition) is 2. The summed E-state index contributed by atoms with van der Waals surface area (Å²) in [6.45, 7) is 3.00. The Morgan fingerprint density at radius 1 is 1.08 bits per heavy atom. The van der Waals surface area contributed by atoms with Crippen molar-refractivity contribution in [3.63, 3.8) is 0 Å². The summed E-state index contributed by atoms with van der Waals surface area (Å²) in [5.74, 6) is 1.60. The number of imidazole rings is 1. The van der Waals surface area contributed by atoms with Crippen molar-refractivity contribution in [2.24, 2.45) is 0 Å². The van der Waals surface area contributed by atoms with Gasteiger partial charge >= 0.3 is 0 Å². The highest BCUT2D eigenvalue weighted by Gasteiger charge is 2.00. The maximum Gasteiger partial charge on any atom is 0.127 e. The van der Waals surface area contributed by atoms with Crippen molar-refractivity contribution >= 4 is 11.6 Å². The Balaban J connectivity index is 1.57. The normalized spacial score (nSPS) is 11.5. The number of nitrogens with zero attached hydrogens (tertiary/aromatic N) is 2. The average molecular weight is 339 g/mol. The van der Waals surface area contributed by atoms with E-state index in [0.29, 0.717) is 5.02 Å². The highest BCUT2D eigenvalue weighted by atomic mass is 35.5. The summed E-state index contributed by atoms with van der Waals surface area (Å²) < 4.78 is 7.85. The van der Waals surface area contributed by atoms with Gasteiger partial charge in [0.2, 0.25) is 0 Å². The summed E-state index contributed by atoms with van der Waals surface area (Å²) in [6.07, 6.45) is 8.73. The molecule has 0 atom stereocenters. The van der Waals surface area contributed by atoms with Crippen LogP contribution in [0.1, 0.15) is 12.5 Å². The van der Waals surface area contributed by atoms with E-state index in [1.807, 2.05) is 53.5 Å². The maximum absolute atomic E-state index is 5.88. The van der Waals surface area contributed by atoms with Crippen LogP contribution in [0.2, 0.25) is 5.02 Å². The minimum atomic E-state index is 0.704. The lowest BCUT2D eigenvalue weighted by atomic mass is 10.1. The van der Waals surface area contributed by atoms with Crippen molar-refractivity contribution in [1.29, 1.82) is 0 Å². The van der Waals surface area contributed by atoms with Crippen LogP contribution in [-0.4, -0.2) is 9.55 Å². The average Bonchev–Trinajstić information content (AvgIpc) is 3.10. The van der Waals surface area contributed by atoms with Crippen molar-refractivity contribution in [2.75, 3.05) is 0 Å². The lowest BCUT2D eigenvalue weighted by Gasteiger charge is -2.07. The predicted molar refractivity (Wildman–Crippen MR) is 97.7 cm³/mol. The fourth-order valence-electron chi connectivity index (χ4n) is 2.36. The van der Waals surface area contributed by atoms with Gasteiger partial charge in [0, 0.05) is 24.0 Å². The van der Waals surface area contributed by atoms with Crippen LogP contribution >= 0.6 is 11.6 Å². The third-order valence-electron chi connectivity index (χ3n) is 3.67. The van der Waals surface area contributed by atoms with E-state index in [1.165, 1.54) is 11.1 Å². The van der Waals surface area contributed by atoms with Gasteiger partial charge in [-0.1, -0.05) is 35.4 Å². The third kappa shape index (κ3) is 4.74. The zero-order valence-corrected chi connectivity index (χ0v) is 14.3. The molecule has 3 nitrogen and oxygen atoms in total. The van der Waals surface area contributed by atoms with Crippen LogP contribution in [0.15, 0.2) is 78.9 Å². The molecule has 0 N–H and O–H groups in total. The van der Waals surface area contributed by atoms with E-state index in [9.17, 15) is 0 Å². The maximum atomic E-state index is 5.88. The predicted octanol–water partition coefficient (Wildman–Crippen LogP) is 5.52. The molecule has 0 radical (unpaired) electrons. The van der Waals surface area contributed by atoms with Gasteiger partial charge in [-0.3, -0.25) is 0 Å². The van der Waals surface area contributed by atoms with Crippen LogP contribution < -0.4 is 4.74 Å². The molecule has 0 aliphatic carbocycles. The Morgan fingerprint density at radius 2 is 1.75 bits per heavy atom. The molecule has 24 heavy (non-hydrogen) atoms. The van der Waals surface area contributed by atoms with Crippen LogP contribution in [0, 0.1) is 0 Å². The van der Waals surface area contributed by atoms with Gasteiger partial charge in [0.1, 0.15) is 11.5 Å². The van der Waals surface area contributed by atoms with Gasteiger partial charge in [0.25, 0.3) is 0 Å². The number of benzene rings is 2. The molecule has 0 aliphatic rings. The lowest BCUT2D eigenvalue weighted by molar-refractivity contribution is 0.482. The van der Waals surface area contributed by atoms with Crippen LogP contribution in [0.4, 0.5) is 0 Å². The first-order chi connectivity index (χ1) is 11.7. The van der Waals surface area contributed by atoms with Crippen molar-refractivity contribution in [1.82, 2.24) is 9.55 Å². The van der Waals surface area contributed by atoms with E-state index in [4.69, 9.17) is 16.3 Å². The topological polar surface area (TPSA) is 27.1 Å². The lowest BCUT2D eigenvalue weighted by Crippen LogP contribution is -1.94. The summed E-state index contributed by atoms with van der Waals surface area (Å²) >= 11 is 5.88. The quantitative estimate of drug-likeness (QED) is 0.553. The first-order valence-corrected chi connectivity index (χ1v) is 8.20. The number of hydrogen-bond donors (Lipinski definition) is 0. The number of ether oxygens (including phenoxy) is 1. The van der Waals surface area contributed by atoms with E-state index in [0.717, 1.165) is 24.5 Å². The number of allylic oxidation sites excluding steroid dienone is 2. The SMILES string of the molecule is CC(=CCn1ccnc1)Cc1ccc(Oc2ccc(Cl)cc2)cc1. The van der Waals surface area contributed by atoms with Crippen molar-refractivity contribution in [3.8, 4) is 11.5 Å². The zero-order valence-electron chi connectivity index (χ0n) is 13.5. The van der Waals surface area contributed by atoms with Crippen LogP contribution in [0.3, 0.4) is 0 Å². The Morgan fingerprint density at radius 3 is 2.38 bits per heavy atom. The molecule has 0 saturated heterocycles. The summed E-state index contributed by atoms with van der Waals surface area (Å²) in [5.41, 5.74) is 2.59. The Kier molecular flexibility index (Phi) is 5.34. The van der Waals surface area contributed by atoms with Gasteiger partial charge in [-0.2, -0.15) is 0 Å². The van der Waals surface area contributed by atoms with E-state index in [2.05, 4.69) is 30.1 Å². The van der Waals surface area contributed by atoms with Gasteiger partial charge in [0.15, 0.2) is 0 Å². The second-order valence-electron chi connectivity index (χ2n) is 5.69. The highest BCUT2D eigenvalue weighted by molar-refractivity contribution is 6.30. The van der Waals surface area contributed by atoms with E-state index < -0.39 is 0 Å². The van der Waals surface area contributed by atoms with Crippen LogP contribution in [0.5, 0.6) is 11.5 Å². The van der Waals surface area contributed by atoms with Gasteiger partial charge in [-0.15, -0.1) is 0 Å². The minimum absolute atomic E-state index is 0.704. The molecular weight excluding hydrogens is 320 g/mol. The van der Waals surface area contributed by atoms with Gasteiger partial charge in [0.05, 0.1) is 6.33 Å². The molecule has 0 aliphatic heterocycles. The van der Waals surface area contributed by atoms with Crippen LogP contribution in [0.25, 0.3) is 0 Å². The second kappa shape index (κ2) is 7.84. The summed E-state index contributed by atoms with van der Waals surface area (Å²) in [7, 11) is 0. The molecule has 0 fully saturated rings. The van der Waals surface area contributed by atoms with Crippen molar-refractivity contribution in [3.05, 3.63) is 89.5 Å². The zero-order chi connectivity index (χ0) is 16.8. The first kappa shape index (κ1) is 16.3. The molecule has 4 heteroatoms. The molecule has 2 aromatic carbocycles. The Hall–Kier alpha value is -2.52. The molecular formula is C20H19ClN2O.